The van der Waals surface area contributed by atoms with Crippen LogP contribution in [0.5, 0.6) is 5.75 Å². The van der Waals surface area contributed by atoms with Crippen LogP contribution in [0.2, 0.25) is 0 Å². The van der Waals surface area contributed by atoms with Gasteiger partial charge in [-0.3, -0.25) is 4.79 Å². The Labute approximate surface area is 123 Å². The lowest BCUT2D eigenvalue weighted by molar-refractivity contribution is -0.142. The summed E-state index contributed by atoms with van der Waals surface area (Å²) >= 11 is 0. The maximum absolute atomic E-state index is 11.9. The van der Waals surface area contributed by atoms with Crippen LogP contribution < -0.4 is 4.74 Å². The Morgan fingerprint density at radius 1 is 1.38 bits per heavy atom. The van der Waals surface area contributed by atoms with E-state index < -0.39 is 5.97 Å². The number of carbonyl (C=O) groups excluding carboxylic acids is 2. The number of esters is 2. The van der Waals surface area contributed by atoms with Gasteiger partial charge in [-0.25, -0.2) is 4.79 Å². The molecule has 1 atom stereocenters. The SMILES string of the molecule is COc1ccc(COC(=O)/C(C)=C/[C@H]2CCC(=O)O2)cc1. The first-order valence-electron chi connectivity index (χ1n) is 6.76. The molecule has 0 aromatic heterocycles. The van der Waals surface area contributed by atoms with Gasteiger partial charge >= 0.3 is 11.9 Å². The summed E-state index contributed by atoms with van der Waals surface area (Å²) in [6, 6.07) is 7.29. The smallest absolute Gasteiger partial charge is 0.333 e. The number of cyclic esters (lactones) is 1. The predicted molar refractivity (Wildman–Crippen MR) is 75.7 cm³/mol. The highest BCUT2D eigenvalue weighted by Crippen LogP contribution is 2.17. The molecular formula is C16H18O5. The number of hydrogen-bond donors (Lipinski definition) is 0. The molecule has 5 heteroatoms. The molecule has 112 valence electrons. The van der Waals surface area contributed by atoms with E-state index in [4.69, 9.17) is 14.2 Å². The quantitative estimate of drug-likeness (QED) is 0.615. The van der Waals surface area contributed by atoms with Crippen molar-refractivity contribution in [2.75, 3.05) is 7.11 Å². The van der Waals surface area contributed by atoms with Crippen LogP contribution in [0.3, 0.4) is 0 Å². The zero-order chi connectivity index (χ0) is 15.2. The minimum Gasteiger partial charge on any atom is -0.497 e. The van der Waals surface area contributed by atoms with Gasteiger partial charge in [0.05, 0.1) is 7.11 Å². The van der Waals surface area contributed by atoms with Crippen LogP contribution in [0.1, 0.15) is 25.3 Å². The van der Waals surface area contributed by atoms with E-state index in [2.05, 4.69) is 0 Å². The highest BCUT2D eigenvalue weighted by Gasteiger charge is 2.22. The molecule has 1 heterocycles. The monoisotopic (exact) mass is 290 g/mol. The fourth-order valence-corrected chi connectivity index (χ4v) is 2.00. The Morgan fingerprint density at radius 3 is 2.67 bits per heavy atom. The van der Waals surface area contributed by atoms with Crippen LogP contribution in [-0.4, -0.2) is 25.2 Å². The predicted octanol–water partition coefficient (Wildman–Crippen LogP) is 2.39. The Bertz CT molecular complexity index is 544. The Hall–Kier alpha value is -2.30. The Kier molecular flexibility index (Phi) is 4.98. The summed E-state index contributed by atoms with van der Waals surface area (Å²) in [6.45, 7) is 1.85. The van der Waals surface area contributed by atoms with Gasteiger partial charge in [0.1, 0.15) is 18.5 Å². The van der Waals surface area contributed by atoms with Crippen molar-refractivity contribution in [1.82, 2.24) is 0 Å². The number of ether oxygens (including phenoxy) is 3. The summed E-state index contributed by atoms with van der Waals surface area (Å²) in [4.78, 5) is 22.8. The fraction of sp³-hybridized carbons (Fsp3) is 0.375. The summed E-state index contributed by atoms with van der Waals surface area (Å²) < 4.78 is 15.3. The zero-order valence-corrected chi connectivity index (χ0v) is 12.1. The van der Waals surface area contributed by atoms with Crippen LogP contribution >= 0.6 is 0 Å². The molecule has 5 nitrogen and oxygen atoms in total. The maximum atomic E-state index is 11.9. The second-order valence-electron chi connectivity index (χ2n) is 4.84. The summed E-state index contributed by atoms with van der Waals surface area (Å²) in [7, 11) is 1.60. The van der Waals surface area contributed by atoms with Crippen LogP contribution in [-0.2, 0) is 25.7 Å². The summed E-state index contributed by atoms with van der Waals surface area (Å²) in [5, 5.41) is 0. The third-order valence-corrected chi connectivity index (χ3v) is 3.20. The summed E-state index contributed by atoms with van der Waals surface area (Å²) in [6.07, 6.45) is 2.34. The molecule has 2 rings (SSSR count). The van der Waals surface area contributed by atoms with Gasteiger partial charge in [0.2, 0.25) is 0 Å². The van der Waals surface area contributed by atoms with Gasteiger partial charge in [-0.1, -0.05) is 12.1 Å². The largest absolute Gasteiger partial charge is 0.497 e. The van der Waals surface area contributed by atoms with E-state index in [1.807, 2.05) is 24.3 Å². The van der Waals surface area contributed by atoms with Gasteiger partial charge < -0.3 is 14.2 Å². The zero-order valence-electron chi connectivity index (χ0n) is 12.1. The lowest BCUT2D eigenvalue weighted by Crippen LogP contribution is -2.10. The molecule has 0 saturated carbocycles. The van der Waals surface area contributed by atoms with Crippen molar-refractivity contribution in [3.05, 3.63) is 41.5 Å². The molecule has 1 saturated heterocycles. The number of hydrogen-bond acceptors (Lipinski definition) is 5. The van der Waals surface area contributed by atoms with Crippen molar-refractivity contribution in [3.8, 4) is 5.75 Å². The molecule has 0 unspecified atom stereocenters. The van der Waals surface area contributed by atoms with Crippen molar-refractivity contribution in [1.29, 1.82) is 0 Å². The normalized spacial score (nSPS) is 18.3. The van der Waals surface area contributed by atoms with E-state index in [1.54, 1.807) is 20.1 Å². The highest BCUT2D eigenvalue weighted by molar-refractivity contribution is 5.88. The molecule has 1 aromatic rings. The fourth-order valence-electron chi connectivity index (χ4n) is 2.00. The second kappa shape index (κ2) is 6.92. The molecule has 0 radical (unpaired) electrons. The lowest BCUT2D eigenvalue weighted by Gasteiger charge is -2.08. The number of rotatable bonds is 5. The second-order valence-corrected chi connectivity index (χ2v) is 4.84. The molecule has 1 aliphatic heterocycles. The Balaban J connectivity index is 1.85. The van der Waals surface area contributed by atoms with Crippen LogP contribution in [0, 0.1) is 0 Å². The van der Waals surface area contributed by atoms with Crippen molar-refractivity contribution < 1.29 is 23.8 Å². The van der Waals surface area contributed by atoms with Crippen molar-refractivity contribution in [2.45, 2.75) is 32.5 Å². The van der Waals surface area contributed by atoms with Gasteiger partial charge in [-0.2, -0.15) is 0 Å². The van der Waals surface area contributed by atoms with E-state index in [1.165, 1.54) is 0 Å². The van der Waals surface area contributed by atoms with Crippen LogP contribution in [0.25, 0.3) is 0 Å². The Morgan fingerprint density at radius 2 is 2.10 bits per heavy atom. The van der Waals surface area contributed by atoms with Crippen LogP contribution in [0.15, 0.2) is 35.9 Å². The molecule has 0 spiro atoms. The number of methoxy groups -OCH3 is 1. The summed E-state index contributed by atoms with van der Waals surface area (Å²) in [5.41, 5.74) is 1.33. The van der Waals surface area contributed by atoms with Gasteiger partial charge in [-0.15, -0.1) is 0 Å². The van der Waals surface area contributed by atoms with Crippen LogP contribution in [0.4, 0.5) is 0 Å². The maximum Gasteiger partial charge on any atom is 0.333 e. The molecule has 0 amide bonds. The van der Waals surface area contributed by atoms with Gasteiger partial charge in [0, 0.05) is 12.0 Å². The minimum atomic E-state index is -0.409. The van der Waals surface area contributed by atoms with Crippen molar-refractivity contribution in [3.63, 3.8) is 0 Å². The van der Waals surface area contributed by atoms with E-state index in [0.717, 1.165) is 11.3 Å². The van der Waals surface area contributed by atoms with E-state index in [9.17, 15) is 9.59 Å². The van der Waals surface area contributed by atoms with Crippen molar-refractivity contribution in [2.24, 2.45) is 0 Å². The average Bonchev–Trinajstić information content (AvgIpc) is 2.90. The van der Waals surface area contributed by atoms with Gasteiger partial charge in [-0.05, 0) is 37.1 Å². The molecule has 0 bridgehead atoms. The van der Waals surface area contributed by atoms with Gasteiger partial charge in [0.15, 0.2) is 0 Å². The molecule has 21 heavy (non-hydrogen) atoms. The topological polar surface area (TPSA) is 61.8 Å². The molecule has 0 N–H and O–H groups in total. The lowest BCUT2D eigenvalue weighted by atomic mass is 10.1. The first kappa shape index (κ1) is 15.1. The highest BCUT2D eigenvalue weighted by atomic mass is 16.6. The molecular weight excluding hydrogens is 272 g/mol. The van der Waals surface area contributed by atoms with E-state index in [0.29, 0.717) is 18.4 Å². The third-order valence-electron chi connectivity index (χ3n) is 3.20. The summed E-state index contributed by atoms with van der Waals surface area (Å²) in [5.74, 6) is 0.119. The minimum absolute atomic E-state index is 0.193. The standard InChI is InChI=1S/C16H18O5/c1-11(9-14-7-8-15(17)21-14)16(18)20-10-12-3-5-13(19-2)6-4-12/h3-6,9,14H,7-8,10H2,1-2H3/b11-9+/t14-/m1/s1. The van der Waals surface area contributed by atoms with Gasteiger partial charge in [0.25, 0.3) is 0 Å². The van der Waals surface area contributed by atoms with Crippen molar-refractivity contribution >= 4 is 11.9 Å². The van der Waals surface area contributed by atoms with E-state index >= 15 is 0 Å². The third kappa shape index (κ3) is 4.34. The molecule has 0 aliphatic carbocycles. The number of carbonyl (C=O) groups is 2. The average molecular weight is 290 g/mol. The molecule has 1 fully saturated rings. The van der Waals surface area contributed by atoms with E-state index in [-0.39, 0.29) is 18.7 Å². The molecule has 1 aromatic carbocycles. The first-order chi connectivity index (χ1) is 10.1. The molecule has 1 aliphatic rings. The first-order valence-corrected chi connectivity index (χ1v) is 6.76. The number of benzene rings is 1.